The van der Waals surface area contributed by atoms with E-state index in [0.717, 1.165) is 5.56 Å². The van der Waals surface area contributed by atoms with Crippen LogP contribution in [0.25, 0.3) is 0 Å². The number of aromatic carboxylic acids is 1. The number of carbonyl (C=O) groups excluding carboxylic acids is 1. The first-order valence-corrected chi connectivity index (χ1v) is 5.99. The number of aryl methyl sites for hydroxylation is 1. The molecule has 100 valence electrons. The highest BCUT2D eigenvalue weighted by molar-refractivity contribution is 6.17. The molecule has 0 radical (unpaired) electrons. The highest BCUT2D eigenvalue weighted by atomic mass is 16.4. The van der Waals surface area contributed by atoms with E-state index in [-0.39, 0.29) is 23.0 Å². The van der Waals surface area contributed by atoms with Gasteiger partial charge in [0.15, 0.2) is 5.84 Å². The van der Waals surface area contributed by atoms with Crippen LogP contribution in [0, 0.1) is 0 Å². The molecule has 0 fully saturated rings. The number of hydrogen-bond donors (Lipinski definition) is 2. The topological polar surface area (TPSA) is 91.7 Å². The van der Waals surface area contributed by atoms with Crippen LogP contribution in [0.5, 0.6) is 0 Å². The van der Waals surface area contributed by atoms with Gasteiger partial charge in [0.25, 0.3) is 5.91 Å². The summed E-state index contributed by atoms with van der Waals surface area (Å²) in [6.45, 7) is 5.24. The Morgan fingerprint density at radius 1 is 1.47 bits per heavy atom. The Kier molecular flexibility index (Phi) is 3.09. The number of carboxylic acids is 1. The maximum atomic E-state index is 11.7. The summed E-state index contributed by atoms with van der Waals surface area (Å²) in [4.78, 5) is 31.3. The quantitative estimate of drug-likeness (QED) is 0.849. The lowest BCUT2D eigenvalue weighted by Gasteiger charge is -2.07. The lowest BCUT2D eigenvalue weighted by molar-refractivity contribution is -0.122. The zero-order valence-electron chi connectivity index (χ0n) is 11.0. The molecule has 1 aromatic heterocycles. The van der Waals surface area contributed by atoms with Gasteiger partial charge in [-0.05, 0) is 31.9 Å². The minimum Gasteiger partial charge on any atom is -0.478 e. The maximum absolute atomic E-state index is 11.7. The van der Waals surface area contributed by atoms with E-state index >= 15 is 0 Å². The van der Waals surface area contributed by atoms with E-state index < -0.39 is 11.5 Å². The van der Waals surface area contributed by atoms with Crippen molar-refractivity contribution in [2.45, 2.75) is 32.7 Å². The standard InChI is InChI=1S/C13H15N3O3/c1-4-7-5-8(11(17)18)9(14-6-7)10-15-12(19)13(2,3)16-10/h5-6H,4H2,1-3H3,(H,17,18)(H,15,16,19). The molecule has 0 saturated heterocycles. The van der Waals surface area contributed by atoms with Gasteiger partial charge in [-0.2, -0.15) is 0 Å². The predicted molar refractivity (Wildman–Crippen MR) is 69.3 cm³/mol. The van der Waals surface area contributed by atoms with Crippen molar-refractivity contribution >= 4 is 17.7 Å². The Hall–Kier alpha value is -2.24. The zero-order valence-corrected chi connectivity index (χ0v) is 11.0. The number of amides is 1. The van der Waals surface area contributed by atoms with Crippen LogP contribution in [0.2, 0.25) is 0 Å². The Morgan fingerprint density at radius 3 is 2.63 bits per heavy atom. The second-order valence-electron chi connectivity index (χ2n) is 4.87. The largest absolute Gasteiger partial charge is 0.478 e. The van der Waals surface area contributed by atoms with Gasteiger partial charge in [-0.3, -0.25) is 14.8 Å². The molecule has 1 aromatic rings. The van der Waals surface area contributed by atoms with Crippen molar-refractivity contribution in [2.75, 3.05) is 0 Å². The summed E-state index contributed by atoms with van der Waals surface area (Å²) in [5.74, 6) is -1.13. The first-order chi connectivity index (χ1) is 8.85. The second kappa shape index (κ2) is 4.46. The SMILES string of the molecule is CCc1cnc(C2=NC(C)(C)C(=O)N2)c(C(=O)O)c1. The molecule has 2 rings (SSSR count). The number of nitrogens with zero attached hydrogens (tertiary/aromatic N) is 2. The van der Waals surface area contributed by atoms with Gasteiger partial charge in [-0.15, -0.1) is 0 Å². The van der Waals surface area contributed by atoms with Crippen LogP contribution in [-0.4, -0.2) is 33.3 Å². The van der Waals surface area contributed by atoms with E-state index in [4.69, 9.17) is 0 Å². The van der Waals surface area contributed by atoms with Gasteiger partial charge in [0.2, 0.25) is 0 Å². The first kappa shape index (κ1) is 13.2. The highest BCUT2D eigenvalue weighted by Crippen LogP contribution is 2.19. The van der Waals surface area contributed by atoms with Crippen molar-refractivity contribution < 1.29 is 14.7 Å². The minimum atomic E-state index is -1.08. The number of amidine groups is 1. The number of carboxylic acid groups (broad SMARTS) is 1. The summed E-state index contributed by atoms with van der Waals surface area (Å²) < 4.78 is 0. The third kappa shape index (κ3) is 2.33. The molecule has 0 bridgehead atoms. The molecule has 6 heteroatoms. The molecule has 1 aliphatic heterocycles. The van der Waals surface area contributed by atoms with Crippen LogP contribution in [0.15, 0.2) is 17.3 Å². The zero-order chi connectivity index (χ0) is 14.2. The molecule has 0 atom stereocenters. The monoisotopic (exact) mass is 261 g/mol. The Morgan fingerprint density at radius 2 is 2.16 bits per heavy atom. The van der Waals surface area contributed by atoms with Crippen molar-refractivity contribution in [3.63, 3.8) is 0 Å². The van der Waals surface area contributed by atoms with Crippen molar-refractivity contribution in [1.82, 2.24) is 10.3 Å². The number of rotatable bonds is 3. The highest BCUT2D eigenvalue weighted by Gasteiger charge is 2.36. The van der Waals surface area contributed by atoms with Crippen molar-refractivity contribution in [3.8, 4) is 0 Å². The van der Waals surface area contributed by atoms with Crippen LogP contribution in [0.1, 0.15) is 42.4 Å². The van der Waals surface area contributed by atoms with Gasteiger partial charge in [-0.1, -0.05) is 6.92 Å². The molecule has 0 spiro atoms. The first-order valence-electron chi connectivity index (χ1n) is 5.99. The van der Waals surface area contributed by atoms with Gasteiger partial charge >= 0.3 is 5.97 Å². The molecule has 2 N–H and O–H groups in total. The van der Waals surface area contributed by atoms with E-state index in [2.05, 4.69) is 15.3 Å². The maximum Gasteiger partial charge on any atom is 0.338 e. The molecule has 1 amide bonds. The number of aliphatic imine (C=N–C) groups is 1. The summed E-state index contributed by atoms with van der Waals surface area (Å²) in [5, 5.41) is 11.8. The van der Waals surface area contributed by atoms with Crippen molar-refractivity contribution in [3.05, 3.63) is 29.1 Å². The number of carbonyl (C=O) groups is 2. The fraction of sp³-hybridized carbons (Fsp3) is 0.385. The number of hydrogen-bond acceptors (Lipinski definition) is 4. The summed E-state index contributed by atoms with van der Waals surface area (Å²) in [6.07, 6.45) is 2.29. The number of pyridine rings is 1. The summed E-state index contributed by atoms with van der Waals surface area (Å²) in [7, 11) is 0. The van der Waals surface area contributed by atoms with E-state index in [9.17, 15) is 14.7 Å². The van der Waals surface area contributed by atoms with Gasteiger partial charge in [-0.25, -0.2) is 4.79 Å². The Bertz CT molecular complexity index is 591. The molecule has 2 heterocycles. The van der Waals surface area contributed by atoms with Crippen molar-refractivity contribution in [1.29, 1.82) is 0 Å². The van der Waals surface area contributed by atoms with Crippen LogP contribution < -0.4 is 5.32 Å². The van der Waals surface area contributed by atoms with Crippen LogP contribution in [0.4, 0.5) is 0 Å². The number of aromatic nitrogens is 1. The third-order valence-corrected chi connectivity index (χ3v) is 2.99. The van der Waals surface area contributed by atoms with Gasteiger partial charge < -0.3 is 10.4 Å². The smallest absolute Gasteiger partial charge is 0.338 e. The van der Waals surface area contributed by atoms with E-state index in [1.54, 1.807) is 26.1 Å². The normalized spacial score (nSPS) is 17.0. The minimum absolute atomic E-state index is 0.0519. The van der Waals surface area contributed by atoms with E-state index in [0.29, 0.717) is 6.42 Å². The Balaban J connectivity index is 2.52. The number of nitrogens with one attached hydrogen (secondary N) is 1. The average molecular weight is 261 g/mol. The molecule has 19 heavy (non-hydrogen) atoms. The van der Waals surface area contributed by atoms with Crippen LogP contribution in [0.3, 0.4) is 0 Å². The van der Waals surface area contributed by atoms with Gasteiger partial charge in [0, 0.05) is 6.20 Å². The Labute approximate surface area is 110 Å². The average Bonchev–Trinajstić information content (AvgIpc) is 2.63. The predicted octanol–water partition coefficient (Wildman–Crippen LogP) is 0.997. The fourth-order valence-electron chi connectivity index (χ4n) is 1.78. The molecule has 0 aliphatic carbocycles. The third-order valence-electron chi connectivity index (χ3n) is 2.99. The second-order valence-corrected chi connectivity index (χ2v) is 4.87. The fourth-order valence-corrected chi connectivity index (χ4v) is 1.78. The molecule has 6 nitrogen and oxygen atoms in total. The molecular formula is C13H15N3O3. The van der Waals surface area contributed by atoms with E-state index in [1.165, 1.54) is 0 Å². The van der Waals surface area contributed by atoms with Gasteiger partial charge in [0.05, 0.1) is 5.56 Å². The molecule has 0 unspecified atom stereocenters. The molecule has 0 aromatic carbocycles. The van der Waals surface area contributed by atoms with Crippen LogP contribution in [-0.2, 0) is 11.2 Å². The lowest BCUT2D eigenvalue weighted by atomic mass is 10.1. The summed E-state index contributed by atoms with van der Waals surface area (Å²) in [6, 6.07) is 1.56. The van der Waals surface area contributed by atoms with E-state index in [1.807, 2.05) is 6.92 Å². The molecule has 0 saturated carbocycles. The van der Waals surface area contributed by atoms with Gasteiger partial charge in [0.1, 0.15) is 11.2 Å². The summed E-state index contributed by atoms with van der Waals surface area (Å²) in [5.41, 5.74) is 0.181. The van der Waals surface area contributed by atoms with Crippen LogP contribution >= 0.6 is 0 Å². The molecule has 1 aliphatic rings. The lowest BCUT2D eigenvalue weighted by Crippen LogP contribution is -2.35. The van der Waals surface area contributed by atoms with Crippen molar-refractivity contribution in [2.24, 2.45) is 4.99 Å². The molecular weight excluding hydrogens is 246 g/mol. The summed E-state index contributed by atoms with van der Waals surface area (Å²) >= 11 is 0.